The smallest absolute Gasteiger partial charge is 0.224 e. The minimum atomic E-state index is -0.341. The van der Waals surface area contributed by atoms with Gasteiger partial charge in [-0.1, -0.05) is 71.9 Å². The molecule has 14 rings (SSSR count). The number of aryl methyl sites for hydroxylation is 2. The molecule has 4 radical (unpaired) electrons. The van der Waals surface area contributed by atoms with Gasteiger partial charge in [0.05, 0.1) is 12.8 Å². The molecule has 13 aromatic rings. The van der Waals surface area contributed by atoms with E-state index in [2.05, 4.69) is 115 Å². The van der Waals surface area contributed by atoms with E-state index in [0.29, 0.717) is 34.1 Å². The van der Waals surface area contributed by atoms with Gasteiger partial charge >= 0.3 is 0 Å². The van der Waals surface area contributed by atoms with Gasteiger partial charge in [-0.25, -0.2) is 4.85 Å². The maximum atomic E-state index is 12.6. The molecule has 0 fully saturated rings. The Kier molecular flexibility index (Phi) is 19.3. The van der Waals surface area contributed by atoms with Crippen LogP contribution < -0.4 is 0 Å². The maximum Gasteiger partial charge on any atom is 0.224 e. The summed E-state index contributed by atoms with van der Waals surface area (Å²) in [6.45, 7) is 6.76. The molecule has 7 aromatic carbocycles. The molecule has 1 aliphatic rings. The molecule has 6 aromatic heterocycles. The third kappa shape index (κ3) is 12.1. The van der Waals surface area contributed by atoms with Gasteiger partial charge in [-0.2, -0.15) is 96.8 Å². The normalized spacial score (nSPS) is 10.5. The van der Waals surface area contributed by atoms with E-state index in [9.17, 15) is 4.39 Å². The van der Waals surface area contributed by atoms with E-state index in [1.807, 2.05) is 89.6 Å². The predicted octanol–water partition coefficient (Wildman–Crippen LogP) is 12.1. The number of fused-ring (bicyclic) bond motifs is 9. The Bertz CT molecular complexity index is 4410. The maximum absolute atomic E-state index is 12.6. The first-order valence-electron chi connectivity index (χ1n) is 23.2. The fourth-order valence-corrected chi connectivity index (χ4v) is 8.77. The number of benzene rings is 7. The van der Waals surface area contributed by atoms with Crippen LogP contribution in [0, 0.1) is 70.6 Å². The van der Waals surface area contributed by atoms with E-state index in [0.717, 1.165) is 74.0 Å². The first-order chi connectivity index (χ1) is 36.9. The molecule has 0 amide bonds. The zero-order valence-electron chi connectivity index (χ0n) is 40.7. The number of halogens is 1. The van der Waals surface area contributed by atoms with E-state index < -0.39 is 0 Å². The van der Waals surface area contributed by atoms with E-state index in [-0.39, 0.29) is 86.2 Å². The molecule has 392 valence electrons. The van der Waals surface area contributed by atoms with Gasteiger partial charge in [0.15, 0.2) is 17.1 Å². The summed E-state index contributed by atoms with van der Waals surface area (Å²) in [6.07, 6.45) is 8.48. The summed E-state index contributed by atoms with van der Waals surface area (Å²) >= 11 is 0. The van der Waals surface area contributed by atoms with Gasteiger partial charge in [-0.15, -0.1) is 35.2 Å². The molecule has 1 aliphatic heterocycles. The molecule has 79 heavy (non-hydrogen) atoms. The molecule has 7 heterocycles. The second-order valence-electron chi connectivity index (χ2n) is 16.7. The van der Waals surface area contributed by atoms with Crippen LogP contribution in [0.5, 0.6) is 0 Å². The van der Waals surface area contributed by atoms with Crippen LogP contribution in [0.3, 0.4) is 0 Å². The van der Waals surface area contributed by atoms with Crippen LogP contribution in [0.4, 0.5) is 10.1 Å². The summed E-state index contributed by atoms with van der Waals surface area (Å²) in [6, 6.07) is 68.2. The first kappa shape index (κ1) is 58.2. The van der Waals surface area contributed by atoms with Crippen LogP contribution in [-0.2, 0) is 93.3 Å². The fourth-order valence-electron chi connectivity index (χ4n) is 8.77. The van der Waals surface area contributed by atoms with Gasteiger partial charge in [-0.05, 0) is 77.0 Å². The van der Waals surface area contributed by atoms with E-state index in [4.69, 9.17) is 26.8 Å². The third-order valence-electron chi connectivity index (χ3n) is 12.2. The van der Waals surface area contributed by atoms with Gasteiger partial charge in [0.2, 0.25) is 5.69 Å². The Morgan fingerprint density at radius 1 is 0.582 bits per heavy atom. The zero-order chi connectivity index (χ0) is 51.3. The van der Waals surface area contributed by atoms with E-state index in [1.54, 1.807) is 46.2 Å². The first-order valence-corrected chi connectivity index (χ1v) is 23.2. The van der Waals surface area contributed by atoms with Crippen molar-refractivity contribution in [1.29, 1.82) is 15.8 Å². The Hall–Kier alpha value is -8.53. The minimum absolute atomic E-state index is 0. The number of nitrogens with zero attached hydrogens (tertiary/aromatic N) is 13. The number of aromatic nitrogens is 9. The summed E-state index contributed by atoms with van der Waals surface area (Å²) in [4.78, 5) is 3.21. The Morgan fingerprint density at radius 3 is 2.00 bits per heavy atom. The topological polar surface area (TPSA) is 165 Å². The van der Waals surface area contributed by atoms with Crippen molar-refractivity contribution >= 4 is 49.4 Å². The summed E-state index contributed by atoms with van der Waals surface area (Å²) in [5, 5.41) is 47.7. The molecule has 19 heteroatoms. The molecule has 0 spiro atoms. The molecule has 0 bridgehead atoms. The largest absolute Gasteiger partial charge is 0.513 e. The van der Waals surface area contributed by atoms with Crippen molar-refractivity contribution in [3.63, 3.8) is 0 Å². The number of nitriles is 3. The average Bonchev–Trinajstić information content (AvgIpc) is 4.36. The van der Waals surface area contributed by atoms with Gasteiger partial charge in [0.25, 0.3) is 0 Å². The van der Waals surface area contributed by atoms with Crippen LogP contribution in [-0.4, -0.2) is 43.7 Å². The monoisotopic (exact) mass is 1740 g/mol. The third-order valence-corrected chi connectivity index (χ3v) is 12.2. The summed E-state index contributed by atoms with van der Waals surface area (Å²) in [7, 11) is 0. The van der Waals surface area contributed by atoms with Crippen molar-refractivity contribution in [1.82, 2.24) is 43.7 Å². The Balaban J connectivity index is 0.000000154. The van der Waals surface area contributed by atoms with Gasteiger partial charge < -0.3 is 8.98 Å². The summed E-state index contributed by atoms with van der Waals surface area (Å²) in [5.41, 5.74) is 12.1. The molecule has 0 atom stereocenters. The minimum Gasteiger partial charge on any atom is -0.513 e. The van der Waals surface area contributed by atoms with Crippen LogP contribution in [0.25, 0.3) is 77.0 Å². The predicted molar refractivity (Wildman–Crippen MR) is 279 cm³/mol. The van der Waals surface area contributed by atoms with E-state index in [1.165, 1.54) is 34.0 Å². The molecule has 14 nitrogen and oxygen atoms in total. The van der Waals surface area contributed by atoms with Crippen molar-refractivity contribution in [2.24, 2.45) is 0 Å². The van der Waals surface area contributed by atoms with Gasteiger partial charge in [0, 0.05) is 133 Å². The second-order valence-corrected chi connectivity index (χ2v) is 16.7. The summed E-state index contributed by atoms with van der Waals surface area (Å²) in [5.74, 6) is -0.341. The van der Waals surface area contributed by atoms with Gasteiger partial charge in [-0.3, -0.25) is 23.1 Å². The zero-order valence-corrected chi connectivity index (χ0v) is 50.2. The Labute approximate surface area is 505 Å². The van der Waals surface area contributed by atoms with Crippen molar-refractivity contribution < 1.29 is 89.2 Å². The van der Waals surface area contributed by atoms with Crippen LogP contribution in [0.2, 0.25) is 0 Å². The van der Waals surface area contributed by atoms with Crippen LogP contribution in [0.15, 0.2) is 187 Å². The molecule has 0 saturated carbocycles. The molecule has 0 saturated heterocycles. The molecular formula is C60H34FIr4N13O-4. The standard InChI is InChI=1S/C22H13N4.C16H8N3O.C12H8N3.C10H5FN3.4Ir/c23-15-16-12-13-25(24-16)18-10-11-22-20(14-18)19-8-4-5-9-21(19)26(22)17-6-2-1-3-7-17;17-10-11-8-9-19(18-11)14-6-3-5-13-12-4-1-2-7-15(12)20-16(13)14;13-8-10-7-11-6-5-9-3-1-2-4-12(9)15(11)14-10;1-12-9-6-13-14(7-9)10-4-2-8(11)3-5-10;;;;/h1-9,11-14H;1-5,7-9H;1-3,7H,5-6H2;2-4,6-7H;;;;/q4*-1;;;;. The molecule has 0 aliphatic carbocycles. The number of hydrogen-bond donors (Lipinski definition) is 0. The molecular weight excluding hydrogens is 1710 g/mol. The summed E-state index contributed by atoms with van der Waals surface area (Å²) < 4.78 is 27.3. The van der Waals surface area contributed by atoms with Crippen molar-refractivity contribution in [2.45, 2.75) is 12.8 Å². The quantitative estimate of drug-likeness (QED) is 0.157. The number of para-hydroxylation sites is 4. The van der Waals surface area contributed by atoms with Gasteiger partial charge in [0.1, 0.15) is 23.8 Å². The second kappa shape index (κ2) is 26.2. The fraction of sp³-hybridized carbons (Fsp3) is 0.0333. The molecule has 0 unspecified atom stereocenters. The van der Waals surface area contributed by atoms with E-state index >= 15 is 0 Å². The number of hydrogen-bond acceptors (Lipinski definition) is 8. The van der Waals surface area contributed by atoms with Crippen LogP contribution >= 0.6 is 0 Å². The number of rotatable bonds is 4. The van der Waals surface area contributed by atoms with Crippen molar-refractivity contribution in [2.75, 3.05) is 0 Å². The van der Waals surface area contributed by atoms with Crippen LogP contribution in [0.1, 0.15) is 28.3 Å². The van der Waals surface area contributed by atoms with Crippen molar-refractivity contribution in [3.05, 3.63) is 252 Å². The average molecular weight is 1740 g/mol. The number of furan rings is 1. The Morgan fingerprint density at radius 2 is 1.28 bits per heavy atom. The van der Waals surface area contributed by atoms with Crippen molar-refractivity contribution in [3.8, 4) is 46.6 Å². The SMILES string of the molecule is N#Cc1cc2n(n1)-c1[c-]cccc1CC2.N#Cc1ccn(-c2[c-]cc3c(c2)c2ccccc2n3-c2ccccc2)n1.N#Cc1ccn(-c2[c-]ccc3c2oc2ccccc23)n1.[C-]#[N+]c1cnn(-c2[c-]cc(F)cc2)c1.[Ir].[Ir].[Ir].[Ir]. The molecule has 0 N–H and O–H groups in total.